The lowest BCUT2D eigenvalue weighted by Crippen LogP contribution is -2.46. The van der Waals surface area contributed by atoms with Crippen LogP contribution in [0.3, 0.4) is 0 Å². The van der Waals surface area contributed by atoms with Crippen LogP contribution in [0.4, 0.5) is 0 Å². The van der Waals surface area contributed by atoms with Crippen molar-refractivity contribution >= 4 is 5.91 Å². The van der Waals surface area contributed by atoms with Crippen LogP contribution in [0, 0.1) is 0 Å². The Morgan fingerprint density at radius 2 is 1.80 bits per heavy atom. The molecule has 6 nitrogen and oxygen atoms in total. The van der Waals surface area contributed by atoms with Crippen LogP contribution in [0.25, 0.3) is 0 Å². The zero-order chi connectivity index (χ0) is 14.7. The van der Waals surface area contributed by atoms with Gasteiger partial charge in [0.25, 0.3) is 5.91 Å². The predicted molar refractivity (Wildman–Crippen MR) is 72.6 cm³/mol. The van der Waals surface area contributed by atoms with Gasteiger partial charge in [0.2, 0.25) is 5.75 Å². The van der Waals surface area contributed by atoms with Crippen LogP contribution < -0.4 is 19.5 Å². The molecule has 0 unspecified atom stereocenters. The molecule has 110 valence electrons. The standard InChI is InChI=1S/C14H19NO5/c1-18-11-5-4-10(12(19-2)13(11)20-3)14(17)15-8-6-9(16)7-8/h4-5,8-9,16H,6-7H2,1-3H3,(H,15,17). The number of nitrogens with one attached hydrogen (secondary N) is 1. The van der Waals surface area contributed by atoms with Gasteiger partial charge in [-0.25, -0.2) is 0 Å². The lowest BCUT2D eigenvalue weighted by Gasteiger charge is -2.32. The molecule has 1 aliphatic rings. The van der Waals surface area contributed by atoms with Crippen molar-refractivity contribution in [3.05, 3.63) is 17.7 Å². The maximum Gasteiger partial charge on any atom is 0.255 e. The summed E-state index contributed by atoms with van der Waals surface area (Å²) in [6.07, 6.45) is 0.857. The number of hydrogen-bond acceptors (Lipinski definition) is 5. The Morgan fingerprint density at radius 3 is 2.30 bits per heavy atom. The van der Waals surface area contributed by atoms with Gasteiger partial charge in [-0.1, -0.05) is 0 Å². The van der Waals surface area contributed by atoms with E-state index in [1.165, 1.54) is 21.3 Å². The second-order valence-electron chi connectivity index (χ2n) is 4.68. The summed E-state index contributed by atoms with van der Waals surface area (Å²) >= 11 is 0. The summed E-state index contributed by atoms with van der Waals surface area (Å²) < 4.78 is 15.7. The highest BCUT2D eigenvalue weighted by Gasteiger charge is 2.30. The summed E-state index contributed by atoms with van der Waals surface area (Å²) in [7, 11) is 4.48. The van der Waals surface area contributed by atoms with E-state index in [1.807, 2.05) is 0 Å². The summed E-state index contributed by atoms with van der Waals surface area (Å²) in [5.41, 5.74) is 0.381. The lowest BCUT2D eigenvalue weighted by molar-refractivity contribution is 0.0561. The van der Waals surface area contributed by atoms with Crippen molar-refractivity contribution in [1.29, 1.82) is 0 Å². The summed E-state index contributed by atoms with van der Waals surface area (Å²) in [5.74, 6) is 0.972. The van der Waals surface area contributed by atoms with Gasteiger partial charge < -0.3 is 24.6 Å². The maximum atomic E-state index is 12.2. The Kier molecular flexibility index (Phi) is 4.34. The maximum absolute atomic E-state index is 12.2. The first-order valence-electron chi connectivity index (χ1n) is 6.38. The van der Waals surface area contributed by atoms with Gasteiger partial charge in [-0.3, -0.25) is 4.79 Å². The van der Waals surface area contributed by atoms with E-state index in [0.29, 0.717) is 35.7 Å². The number of hydrogen-bond donors (Lipinski definition) is 2. The number of carbonyl (C=O) groups excluding carboxylic acids is 1. The zero-order valence-electron chi connectivity index (χ0n) is 11.8. The molecule has 0 bridgehead atoms. The van der Waals surface area contributed by atoms with E-state index in [-0.39, 0.29) is 18.1 Å². The molecule has 0 radical (unpaired) electrons. The fourth-order valence-electron chi connectivity index (χ4n) is 2.25. The van der Waals surface area contributed by atoms with Crippen molar-refractivity contribution in [1.82, 2.24) is 5.32 Å². The number of benzene rings is 1. The van der Waals surface area contributed by atoms with Gasteiger partial charge in [0.15, 0.2) is 11.5 Å². The predicted octanol–water partition coefficient (Wildman–Crippen LogP) is 0.965. The van der Waals surface area contributed by atoms with Crippen LogP contribution in [0.1, 0.15) is 23.2 Å². The van der Waals surface area contributed by atoms with Gasteiger partial charge in [0.1, 0.15) is 0 Å². The molecule has 2 N–H and O–H groups in total. The van der Waals surface area contributed by atoms with Gasteiger partial charge in [0.05, 0.1) is 33.0 Å². The highest BCUT2D eigenvalue weighted by atomic mass is 16.5. The lowest BCUT2D eigenvalue weighted by atomic mass is 9.89. The Hall–Kier alpha value is -1.95. The number of rotatable bonds is 5. The zero-order valence-corrected chi connectivity index (χ0v) is 11.8. The monoisotopic (exact) mass is 281 g/mol. The van der Waals surface area contributed by atoms with E-state index in [2.05, 4.69) is 5.32 Å². The Bertz CT molecular complexity index is 497. The third-order valence-corrected chi connectivity index (χ3v) is 3.40. The quantitative estimate of drug-likeness (QED) is 0.841. The molecule has 1 amide bonds. The Morgan fingerprint density at radius 1 is 1.15 bits per heavy atom. The molecular weight excluding hydrogens is 262 g/mol. The minimum atomic E-state index is -0.312. The molecule has 1 saturated carbocycles. The molecule has 2 rings (SSSR count). The third-order valence-electron chi connectivity index (χ3n) is 3.40. The normalized spacial score (nSPS) is 20.8. The van der Waals surface area contributed by atoms with Gasteiger partial charge in [-0.2, -0.15) is 0 Å². The van der Waals surface area contributed by atoms with E-state index in [0.717, 1.165) is 0 Å². The molecule has 6 heteroatoms. The van der Waals surface area contributed by atoms with E-state index in [1.54, 1.807) is 12.1 Å². The molecule has 0 aromatic heterocycles. The Balaban J connectivity index is 2.24. The summed E-state index contributed by atoms with van der Waals surface area (Å²) in [6, 6.07) is 3.30. The fraction of sp³-hybridized carbons (Fsp3) is 0.500. The largest absolute Gasteiger partial charge is 0.493 e. The van der Waals surface area contributed by atoms with Crippen molar-refractivity contribution in [3.8, 4) is 17.2 Å². The molecule has 1 fully saturated rings. The summed E-state index contributed by atoms with van der Waals surface area (Å²) in [5, 5.41) is 12.1. The van der Waals surface area contributed by atoms with Crippen LogP contribution in [0.15, 0.2) is 12.1 Å². The topological polar surface area (TPSA) is 77.0 Å². The van der Waals surface area contributed by atoms with E-state index >= 15 is 0 Å². The van der Waals surface area contributed by atoms with E-state index in [9.17, 15) is 9.90 Å². The molecule has 1 aromatic rings. The average molecular weight is 281 g/mol. The second-order valence-corrected chi connectivity index (χ2v) is 4.68. The molecule has 20 heavy (non-hydrogen) atoms. The number of ether oxygens (including phenoxy) is 3. The minimum absolute atomic E-state index is 0.00954. The van der Waals surface area contributed by atoms with Crippen LogP contribution in [0.5, 0.6) is 17.2 Å². The molecule has 0 heterocycles. The SMILES string of the molecule is COc1ccc(C(=O)NC2CC(O)C2)c(OC)c1OC. The van der Waals surface area contributed by atoms with Crippen LogP contribution >= 0.6 is 0 Å². The third kappa shape index (κ3) is 2.65. The minimum Gasteiger partial charge on any atom is -0.493 e. The second kappa shape index (κ2) is 6.00. The van der Waals surface area contributed by atoms with Crippen LogP contribution in [-0.2, 0) is 0 Å². The summed E-state index contributed by atoms with van der Waals surface area (Å²) in [4.78, 5) is 12.2. The molecule has 1 aromatic carbocycles. The smallest absolute Gasteiger partial charge is 0.255 e. The molecule has 0 spiro atoms. The van der Waals surface area contributed by atoms with Crippen LogP contribution in [0.2, 0.25) is 0 Å². The first-order valence-corrected chi connectivity index (χ1v) is 6.38. The molecule has 0 atom stereocenters. The van der Waals surface area contributed by atoms with Crippen molar-refractivity contribution in [3.63, 3.8) is 0 Å². The van der Waals surface area contributed by atoms with Gasteiger partial charge in [-0.05, 0) is 25.0 Å². The highest BCUT2D eigenvalue weighted by Crippen LogP contribution is 2.39. The van der Waals surface area contributed by atoms with E-state index < -0.39 is 0 Å². The number of aliphatic hydroxyl groups is 1. The van der Waals surface area contributed by atoms with Crippen molar-refractivity contribution in [2.45, 2.75) is 25.0 Å². The molecule has 0 saturated heterocycles. The number of amides is 1. The number of aliphatic hydroxyl groups excluding tert-OH is 1. The van der Waals surface area contributed by atoms with Gasteiger partial charge in [-0.15, -0.1) is 0 Å². The van der Waals surface area contributed by atoms with Crippen LogP contribution in [-0.4, -0.2) is 44.5 Å². The van der Waals surface area contributed by atoms with Gasteiger partial charge in [0, 0.05) is 6.04 Å². The molecular formula is C14H19NO5. The van der Waals surface area contributed by atoms with Crippen molar-refractivity contribution < 1.29 is 24.1 Å². The average Bonchev–Trinajstić information content (AvgIpc) is 2.43. The Labute approximate surface area is 117 Å². The molecule has 0 aliphatic heterocycles. The molecule has 1 aliphatic carbocycles. The fourth-order valence-corrected chi connectivity index (χ4v) is 2.25. The summed E-state index contributed by atoms with van der Waals surface area (Å²) in [6.45, 7) is 0. The first-order chi connectivity index (χ1) is 9.60. The van der Waals surface area contributed by atoms with Gasteiger partial charge >= 0.3 is 0 Å². The first kappa shape index (κ1) is 14.5. The number of carbonyl (C=O) groups is 1. The van der Waals surface area contributed by atoms with Crippen molar-refractivity contribution in [2.75, 3.05) is 21.3 Å². The van der Waals surface area contributed by atoms with E-state index in [4.69, 9.17) is 14.2 Å². The number of methoxy groups -OCH3 is 3. The van der Waals surface area contributed by atoms with Crippen molar-refractivity contribution in [2.24, 2.45) is 0 Å². The highest BCUT2D eigenvalue weighted by molar-refractivity contribution is 5.98.